The normalized spacial score (nSPS) is 12.0. The minimum atomic E-state index is 0.244. The van der Waals surface area contributed by atoms with Crippen LogP contribution in [0.1, 0.15) is 103 Å². The van der Waals surface area contributed by atoms with E-state index in [0.29, 0.717) is 0 Å². The number of ether oxygens (including phenoxy) is 1. The van der Waals surface area contributed by atoms with Crippen molar-refractivity contribution in [1.29, 1.82) is 0 Å². The summed E-state index contributed by atoms with van der Waals surface area (Å²) in [5.74, 6) is 0.919. The van der Waals surface area contributed by atoms with Crippen LogP contribution in [0.25, 0.3) is 22.5 Å². The number of rotatable bonds is 17. The lowest BCUT2D eigenvalue weighted by Crippen LogP contribution is -2.11. The molecule has 0 radical (unpaired) electrons. The molecule has 3 aromatic rings. The molecule has 0 aliphatic heterocycles. The molecule has 2 aromatic carbocycles. The lowest BCUT2D eigenvalue weighted by Gasteiger charge is -2.15. The highest BCUT2D eigenvalue weighted by Gasteiger charge is 2.07. The van der Waals surface area contributed by atoms with Crippen LogP contribution in [0.4, 0.5) is 0 Å². The zero-order valence-electron chi connectivity index (χ0n) is 22.8. The maximum Gasteiger partial charge on any atom is 0.119 e. The molecule has 0 spiro atoms. The van der Waals surface area contributed by atoms with Crippen molar-refractivity contribution in [1.82, 2.24) is 10.2 Å². The number of hydrogen-bond donors (Lipinski definition) is 0. The van der Waals surface area contributed by atoms with Gasteiger partial charge in [-0.1, -0.05) is 95.9 Å². The van der Waals surface area contributed by atoms with E-state index >= 15 is 0 Å². The number of unbranched alkanes of at least 4 members (excludes halogenated alkanes) is 9. The number of aryl methyl sites for hydroxylation is 1. The van der Waals surface area contributed by atoms with Crippen molar-refractivity contribution >= 4 is 0 Å². The molecule has 36 heavy (non-hydrogen) atoms. The first-order chi connectivity index (χ1) is 17.7. The van der Waals surface area contributed by atoms with Crippen LogP contribution in [0, 0.1) is 0 Å². The van der Waals surface area contributed by atoms with E-state index in [9.17, 15) is 0 Å². The van der Waals surface area contributed by atoms with Gasteiger partial charge in [0.15, 0.2) is 0 Å². The molecule has 194 valence electrons. The monoisotopic (exact) mass is 486 g/mol. The van der Waals surface area contributed by atoms with Gasteiger partial charge in [0.1, 0.15) is 5.75 Å². The third kappa shape index (κ3) is 9.76. The largest absolute Gasteiger partial charge is 0.491 e. The Bertz CT molecular complexity index is 964. The molecule has 1 heterocycles. The third-order valence-corrected chi connectivity index (χ3v) is 6.93. The molecule has 0 unspecified atom stereocenters. The fourth-order valence-electron chi connectivity index (χ4n) is 4.62. The van der Waals surface area contributed by atoms with E-state index < -0.39 is 0 Å². The highest BCUT2D eigenvalue weighted by Crippen LogP contribution is 2.24. The first-order valence-electron chi connectivity index (χ1n) is 14.4. The van der Waals surface area contributed by atoms with Crippen molar-refractivity contribution in [3.8, 4) is 28.3 Å². The van der Waals surface area contributed by atoms with Crippen molar-refractivity contribution in [2.45, 2.75) is 110 Å². The molecule has 0 saturated carbocycles. The molecule has 0 aliphatic carbocycles. The number of hydrogen-bond acceptors (Lipinski definition) is 3. The van der Waals surface area contributed by atoms with Gasteiger partial charge in [0.25, 0.3) is 0 Å². The van der Waals surface area contributed by atoms with Gasteiger partial charge in [-0.15, -0.1) is 10.2 Å². The number of nitrogens with zero attached hydrogens (tertiary/aromatic N) is 2. The second-order valence-corrected chi connectivity index (χ2v) is 10.2. The molecule has 0 fully saturated rings. The molecule has 3 heteroatoms. The van der Waals surface area contributed by atoms with E-state index in [2.05, 4.69) is 79.5 Å². The average molecular weight is 487 g/mol. The third-order valence-electron chi connectivity index (χ3n) is 6.93. The van der Waals surface area contributed by atoms with Crippen LogP contribution in [0.2, 0.25) is 0 Å². The van der Waals surface area contributed by atoms with Gasteiger partial charge in [-0.25, -0.2) is 0 Å². The first kappa shape index (κ1) is 27.9. The van der Waals surface area contributed by atoms with E-state index in [-0.39, 0.29) is 6.10 Å². The Balaban J connectivity index is 1.46. The molecule has 1 atom stereocenters. The van der Waals surface area contributed by atoms with Crippen LogP contribution < -0.4 is 4.74 Å². The van der Waals surface area contributed by atoms with E-state index in [1.54, 1.807) is 0 Å². The molecular weight excluding hydrogens is 440 g/mol. The minimum absolute atomic E-state index is 0.244. The Kier molecular flexibility index (Phi) is 12.5. The molecular formula is C33H46N2O. The van der Waals surface area contributed by atoms with Crippen molar-refractivity contribution < 1.29 is 4.74 Å². The molecule has 0 aliphatic rings. The van der Waals surface area contributed by atoms with Gasteiger partial charge in [-0.05, 0) is 74.6 Å². The summed E-state index contributed by atoms with van der Waals surface area (Å²) in [6.07, 6.45) is 17.1. The van der Waals surface area contributed by atoms with Gasteiger partial charge in [0.05, 0.1) is 17.5 Å². The van der Waals surface area contributed by atoms with Crippen molar-refractivity contribution in [3.05, 3.63) is 66.2 Å². The van der Waals surface area contributed by atoms with Crippen LogP contribution in [0.15, 0.2) is 60.7 Å². The molecule has 3 nitrogen and oxygen atoms in total. The predicted octanol–water partition coefficient (Wildman–Crippen LogP) is 9.84. The van der Waals surface area contributed by atoms with Crippen molar-refractivity contribution in [2.75, 3.05) is 0 Å². The summed E-state index contributed by atoms with van der Waals surface area (Å²) in [5.41, 5.74) is 5.39. The summed E-state index contributed by atoms with van der Waals surface area (Å²) >= 11 is 0. The van der Waals surface area contributed by atoms with Crippen molar-refractivity contribution in [2.24, 2.45) is 0 Å². The summed E-state index contributed by atoms with van der Waals surface area (Å²) in [7, 11) is 0. The summed E-state index contributed by atoms with van der Waals surface area (Å²) < 4.78 is 6.09. The van der Waals surface area contributed by atoms with Gasteiger partial charge < -0.3 is 4.74 Å². The minimum Gasteiger partial charge on any atom is -0.491 e. The smallest absolute Gasteiger partial charge is 0.119 e. The van der Waals surface area contributed by atoms with Gasteiger partial charge in [-0.3, -0.25) is 0 Å². The topological polar surface area (TPSA) is 35.0 Å². The summed E-state index contributed by atoms with van der Waals surface area (Å²) in [4.78, 5) is 0. The summed E-state index contributed by atoms with van der Waals surface area (Å²) in [6, 6.07) is 21.2. The Morgan fingerprint density at radius 3 is 1.64 bits per heavy atom. The molecule has 1 aromatic heterocycles. The fraction of sp³-hybridized carbons (Fsp3) is 0.515. The van der Waals surface area contributed by atoms with Crippen molar-refractivity contribution in [3.63, 3.8) is 0 Å². The molecule has 0 bridgehead atoms. The number of benzene rings is 2. The van der Waals surface area contributed by atoms with Gasteiger partial charge in [0.2, 0.25) is 0 Å². The SMILES string of the molecule is CCCCCCCCCc1ccc(-c2ccc(-c3ccc(O[C@@H](C)CCCCCC)cc3)nn2)cc1. The Labute approximate surface area is 219 Å². The summed E-state index contributed by atoms with van der Waals surface area (Å²) in [6.45, 7) is 6.68. The Morgan fingerprint density at radius 2 is 1.08 bits per heavy atom. The van der Waals surface area contributed by atoms with E-state index in [4.69, 9.17) is 4.74 Å². The highest BCUT2D eigenvalue weighted by atomic mass is 16.5. The molecule has 3 rings (SSSR count). The number of aromatic nitrogens is 2. The average Bonchev–Trinajstić information content (AvgIpc) is 2.91. The van der Waals surface area contributed by atoms with Crippen LogP contribution >= 0.6 is 0 Å². The first-order valence-corrected chi connectivity index (χ1v) is 14.4. The van der Waals surface area contributed by atoms with Gasteiger partial charge >= 0.3 is 0 Å². The van der Waals surface area contributed by atoms with E-state index in [1.165, 1.54) is 76.2 Å². The lowest BCUT2D eigenvalue weighted by atomic mass is 10.0. The van der Waals surface area contributed by atoms with E-state index in [0.717, 1.165) is 41.1 Å². The Morgan fingerprint density at radius 1 is 0.583 bits per heavy atom. The Hall–Kier alpha value is -2.68. The summed E-state index contributed by atoms with van der Waals surface area (Å²) in [5, 5.41) is 9.00. The maximum absolute atomic E-state index is 6.09. The predicted molar refractivity (Wildman–Crippen MR) is 153 cm³/mol. The van der Waals surface area contributed by atoms with Gasteiger partial charge in [0, 0.05) is 11.1 Å². The highest BCUT2D eigenvalue weighted by molar-refractivity contribution is 5.64. The second-order valence-electron chi connectivity index (χ2n) is 10.2. The van der Waals surface area contributed by atoms with Crippen LogP contribution in [0.5, 0.6) is 5.75 Å². The van der Waals surface area contributed by atoms with Gasteiger partial charge in [-0.2, -0.15) is 0 Å². The zero-order chi connectivity index (χ0) is 25.4. The van der Waals surface area contributed by atoms with Crippen LogP contribution in [-0.4, -0.2) is 16.3 Å². The van der Waals surface area contributed by atoms with Crippen LogP contribution in [0.3, 0.4) is 0 Å². The second kappa shape index (κ2) is 16.1. The molecule has 0 amide bonds. The lowest BCUT2D eigenvalue weighted by molar-refractivity contribution is 0.206. The molecule has 0 saturated heterocycles. The van der Waals surface area contributed by atoms with Crippen LogP contribution in [-0.2, 0) is 6.42 Å². The quantitative estimate of drug-likeness (QED) is 0.178. The molecule has 0 N–H and O–H groups in total. The fourth-order valence-corrected chi connectivity index (χ4v) is 4.62. The maximum atomic E-state index is 6.09. The zero-order valence-corrected chi connectivity index (χ0v) is 22.8. The standard InChI is InChI=1S/C33H46N2O/c1-4-6-8-10-11-12-14-16-28-17-19-29(20-18-28)32-25-26-33(35-34-32)30-21-23-31(24-22-30)36-27(3)15-13-9-7-5-2/h17-27H,4-16H2,1-3H3/t27-/m0/s1. The van der Waals surface area contributed by atoms with E-state index in [1.807, 2.05) is 12.1 Å².